The Morgan fingerprint density at radius 3 is 1.79 bits per heavy atom. The predicted octanol–water partition coefficient (Wildman–Crippen LogP) is 4.69. The molecule has 3 rings (SSSR count). The highest BCUT2D eigenvalue weighted by Gasteiger charge is 2.27. The smallest absolute Gasteiger partial charge is 0.0828 e. The van der Waals surface area contributed by atoms with Gasteiger partial charge in [0.05, 0.1) is 17.3 Å². The van der Waals surface area contributed by atoms with Crippen molar-refractivity contribution < 1.29 is 4.74 Å². The van der Waals surface area contributed by atoms with E-state index < -0.39 is 0 Å². The van der Waals surface area contributed by atoms with Crippen LogP contribution in [0.1, 0.15) is 6.42 Å². The fraction of sp³-hybridized carbons (Fsp3) is 0.250. The summed E-state index contributed by atoms with van der Waals surface area (Å²) in [6.45, 7) is 0.932. The Labute approximate surface area is 122 Å². The van der Waals surface area contributed by atoms with Crippen molar-refractivity contribution in [3.63, 3.8) is 0 Å². The number of hydrogen-bond donors (Lipinski definition) is 0. The quantitative estimate of drug-likeness (QED) is 0.435. The Hall–Kier alpha value is -0.900. The van der Waals surface area contributed by atoms with Crippen LogP contribution in [-0.4, -0.2) is 17.3 Å². The average molecular weight is 288 g/mol. The van der Waals surface area contributed by atoms with Crippen LogP contribution in [0, 0.1) is 0 Å². The van der Waals surface area contributed by atoms with Gasteiger partial charge in [0.15, 0.2) is 0 Å². The molecule has 98 valence electrons. The summed E-state index contributed by atoms with van der Waals surface area (Å²) < 4.78 is 5.90. The molecule has 1 nitrogen and oxygen atoms in total. The molecule has 0 aliphatic carbocycles. The Morgan fingerprint density at radius 1 is 0.895 bits per heavy atom. The molecule has 0 saturated carbocycles. The molecule has 1 aliphatic rings. The van der Waals surface area contributed by atoms with E-state index in [1.54, 1.807) is 0 Å². The number of epoxide rings is 1. The first kappa shape index (κ1) is 13.1. The van der Waals surface area contributed by atoms with Gasteiger partial charge in [-0.25, -0.2) is 0 Å². The molecule has 1 atom stereocenters. The van der Waals surface area contributed by atoms with Crippen LogP contribution in [-0.2, 0) is 4.74 Å². The van der Waals surface area contributed by atoms with E-state index in [1.807, 2.05) is 23.5 Å². The van der Waals surface area contributed by atoms with Crippen molar-refractivity contribution in [3.05, 3.63) is 60.7 Å². The van der Waals surface area contributed by atoms with Gasteiger partial charge in [0.25, 0.3) is 0 Å². The zero-order valence-electron chi connectivity index (χ0n) is 10.6. The molecular formula is C16H16OS2. The standard InChI is InChI=1S/C16H16OS2/c1-3-7-14(8-4-1)18-16(11-13-12-17-13)19-15-9-5-2-6-10-15/h1-10,13,16H,11-12H2. The summed E-state index contributed by atoms with van der Waals surface area (Å²) in [4.78, 5) is 2.66. The van der Waals surface area contributed by atoms with Crippen molar-refractivity contribution >= 4 is 23.5 Å². The largest absolute Gasteiger partial charge is 0.373 e. The molecule has 0 amide bonds. The first-order valence-electron chi connectivity index (χ1n) is 6.45. The molecule has 1 saturated heterocycles. The average Bonchev–Trinajstić information content (AvgIpc) is 3.25. The molecule has 2 aromatic carbocycles. The Morgan fingerprint density at radius 2 is 1.37 bits per heavy atom. The van der Waals surface area contributed by atoms with E-state index in [2.05, 4.69) is 60.7 Å². The van der Waals surface area contributed by atoms with Crippen LogP contribution in [0.3, 0.4) is 0 Å². The first-order valence-corrected chi connectivity index (χ1v) is 8.21. The number of rotatable bonds is 6. The second-order valence-electron chi connectivity index (χ2n) is 4.48. The summed E-state index contributed by atoms with van der Waals surface area (Å²) in [5.74, 6) is 0. The highest BCUT2D eigenvalue weighted by atomic mass is 32.2. The summed E-state index contributed by atoms with van der Waals surface area (Å²) >= 11 is 3.87. The third-order valence-electron chi connectivity index (χ3n) is 2.88. The number of ether oxygens (including phenoxy) is 1. The van der Waals surface area contributed by atoms with Crippen molar-refractivity contribution in [3.8, 4) is 0 Å². The van der Waals surface area contributed by atoms with Gasteiger partial charge < -0.3 is 4.74 Å². The summed E-state index contributed by atoms with van der Waals surface area (Å²) in [6, 6.07) is 21.2. The highest BCUT2D eigenvalue weighted by Crippen LogP contribution is 2.39. The van der Waals surface area contributed by atoms with Crippen LogP contribution < -0.4 is 0 Å². The van der Waals surface area contributed by atoms with E-state index in [1.165, 1.54) is 9.79 Å². The number of hydrogen-bond acceptors (Lipinski definition) is 3. The molecule has 0 aromatic heterocycles. The van der Waals surface area contributed by atoms with Gasteiger partial charge in [-0.2, -0.15) is 0 Å². The molecule has 1 heterocycles. The topological polar surface area (TPSA) is 12.5 Å². The lowest BCUT2D eigenvalue weighted by Crippen LogP contribution is -2.01. The van der Waals surface area contributed by atoms with E-state index >= 15 is 0 Å². The maximum Gasteiger partial charge on any atom is 0.0828 e. The van der Waals surface area contributed by atoms with E-state index in [0.717, 1.165) is 13.0 Å². The minimum absolute atomic E-state index is 0.470. The predicted molar refractivity (Wildman–Crippen MR) is 82.7 cm³/mol. The van der Waals surface area contributed by atoms with Gasteiger partial charge in [-0.05, 0) is 30.7 Å². The minimum atomic E-state index is 0.470. The third-order valence-corrected chi connectivity index (χ3v) is 5.46. The molecule has 19 heavy (non-hydrogen) atoms. The molecule has 0 radical (unpaired) electrons. The van der Waals surface area contributed by atoms with Crippen molar-refractivity contribution in [2.24, 2.45) is 0 Å². The van der Waals surface area contributed by atoms with Crippen LogP contribution in [0.4, 0.5) is 0 Å². The van der Waals surface area contributed by atoms with Crippen molar-refractivity contribution in [1.29, 1.82) is 0 Å². The van der Waals surface area contributed by atoms with Crippen LogP contribution in [0.2, 0.25) is 0 Å². The normalized spacial score (nSPS) is 17.6. The van der Waals surface area contributed by atoms with Gasteiger partial charge >= 0.3 is 0 Å². The molecule has 0 N–H and O–H groups in total. The summed E-state index contributed by atoms with van der Waals surface area (Å²) in [6.07, 6.45) is 1.58. The second kappa shape index (κ2) is 6.51. The van der Waals surface area contributed by atoms with Crippen LogP contribution in [0.5, 0.6) is 0 Å². The van der Waals surface area contributed by atoms with Crippen LogP contribution >= 0.6 is 23.5 Å². The van der Waals surface area contributed by atoms with Gasteiger partial charge in [-0.15, -0.1) is 23.5 Å². The zero-order chi connectivity index (χ0) is 12.9. The summed E-state index contributed by atoms with van der Waals surface area (Å²) in [5.41, 5.74) is 0. The van der Waals surface area contributed by atoms with Crippen molar-refractivity contribution in [1.82, 2.24) is 0 Å². The second-order valence-corrected chi connectivity index (χ2v) is 7.33. The van der Waals surface area contributed by atoms with Gasteiger partial charge in [-0.1, -0.05) is 36.4 Å². The first-order chi connectivity index (χ1) is 9.40. The van der Waals surface area contributed by atoms with E-state index in [4.69, 9.17) is 4.74 Å². The number of benzene rings is 2. The van der Waals surface area contributed by atoms with E-state index in [0.29, 0.717) is 10.7 Å². The SMILES string of the molecule is c1ccc(SC(CC2CO2)Sc2ccccc2)cc1. The Balaban J connectivity index is 1.66. The monoisotopic (exact) mass is 288 g/mol. The third kappa shape index (κ3) is 4.30. The molecule has 1 aliphatic heterocycles. The molecular weight excluding hydrogens is 272 g/mol. The highest BCUT2D eigenvalue weighted by molar-refractivity contribution is 8.17. The molecule has 2 aromatic rings. The van der Waals surface area contributed by atoms with E-state index in [-0.39, 0.29) is 0 Å². The van der Waals surface area contributed by atoms with Gasteiger partial charge in [0.1, 0.15) is 0 Å². The fourth-order valence-corrected chi connectivity index (χ4v) is 4.56. The molecule has 1 fully saturated rings. The maximum absolute atomic E-state index is 5.39. The van der Waals surface area contributed by atoms with Crippen LogP contribution in [0.15, 0.2) is 70.5 Å². The summed E-state index contributed by atoms with van der Waals surface area (Å²) in [5, 5.41) is 0. The van der Waals surface area contributed by atoms with Gasteiger partial charge in [-0.3, -0.25) is 0 Å². The molecule has 1 unspecified atom stereocenters. The van der Waals surface area contributed by atoms with Crippen molar-refractivity contribution in [2.45, 2.75) is 26.9 Å². The molecule has 0 spiro atoms. The lowest BCUT2D eigenvalue weighted by atomic mass is 10.4. The van der Waals surface area contributed by atoms with Gasteiger partial charge in [0, 0.05) is 9.79 Å². The number of thioether (sulfide) groups is 2. The summed E-state index contributed by atoms with van der Waals surface area (Å²) in [7, 11) is 0. The fourth-order valence-electron chi connectivity index (χ4n) is 1.84. The lowest BCUT2D eigenvalue weighted by molar-refractivity contribution is 0.402. The van der Waals surface area contributed by atoms with Crippen molar-refractivity contribution in [2.75, 3.05) is 6.61 Å². The maximum atomic E-state index is 5.39. The Bertz CT molecular complexity index is 455. The van der Waals surface area contributed by atoms with Gasteiger partial charge in [0.2, 0.25) is 0 Å². The lowest BCUT2D eigenvalue weighted by Gasteiger charge is -2.15. The minimum Gasteiger partial charge on any atom is -0.373 e. The zero-order valence-corrected chi connectivity index (χ0v) is 12.2. The molecule has 0 bridgehead atoms. The molecule has 3 heteroatoms. The van der Waals surface area contributed by atoms with Crippen LogP contribution in [0.25, 0.3) is 0 Å². The Kier molecular flexibility index (Phi) is 4.49. The van der Waals surface area contributed by atoms with E-state index in [9.17, 15) is 0 Å².